The number of anilines is 2. The second kappa shape index (κ2) is 4.18. The molecule has 0 radical (unpaired) electrons. The highest BCUT2D eigenvalue weighted by Crippen LogP contribution is 2.35. The van der Waals surface area contributed by atoms with Crippen LogP contribution in [0.1, 0.15) is 11.1 Å². The Kier molecular flexibility index (Phi) is 2.63. The number of benzene rings is 2. The van der Waals surface area contributed by atoms with Crippen LogP contribution < -0.4 is 10.6 Å². The number of nitrogen functional groups attached to an aromatic ring is 1. The number of halogens is 2. The van der Waals surface area contributed by atoms with Gasteiger partial charge in [0, 0.05) is 18.8 Å². The minimum absolute atomic E-state index is 0.289. The first kappa shape index (κ1) is 11.4. The van der Waals surface area contributed by atoms with Crippen molar-refractivity contribution in [2.24, 2.45) is 0 Å². The van der Waals surface area contributed by atoms with Crippen molar-refractivity contribution in [3.8, 4) is 0 Å². The Hall–Kier alpha value is -1.74. The van der Waals surface area contributed by atoms with E-state index in [4.69, 9.17) is 17.3 Å². The van der Waals surface area contributed by atoms with Gasteiger partial charge in [0.25, 0.3) is 0 Å². The van der Waals surface area contributed by atoms with Crippen LogP contribution in [-0.4, -0.2) is 0 Å². The van der Waals surface area contributed by atoms with Crippen molar-refractivity contribution in [1.29, 1.82) is 0 Å². The summed E-state index contributed by atoms with van der Waals surface area (Å²) in [5.41, 5.74) is 9.26. The molecule has 0 aromatic heterocycles. The molecule has 0 unspecified atom stereocenters. The molecule has 2 aromatic carbocycles. The first-order valence-corrected chi connectivity index (χ1v) is 6.09. The third-order valence-corrected chi connectivity index (χ3v) is 3.51. The van der Waals surface area contributed by atoms with Gasteiger partial charge in [0.2, 0.25) is 0 Å². The van der Waals surface area contributed by atoms with E-state index in [-0.39, 0.29) is 5.82 Å². The molecule has 4 heteroatoms. The van der Waals surface area contributed by atoms with E-state index < -0.39 is 0 Å². The molecule has 18 heavy (non-hydrogen) atoms. The summed E-state index contributed by atoms with van der Waals surface area (Å²) in [5, 5.41) is 0.441. The first-order valence-electron chi connectivity index (χ1n) is 5.71. The lowest BCUT2D eigenvalue weighted by Gasteiger charge is -2.19. The zero-order valence-electron chi connectivity index (χ0n) is 9.66. The van der Waals surface area contributed by atoms with Gasteiger partial charge in [-0.1, -0.05) is 23.7 Å². The van der Waals surface area contributed by atoms with Gasteiger partial charge >= 0.3 is 0 Å². The maximum absolute atomic E-state index is 13.9. The molecular formula is C14H12ClFN2. The molecule has 3 rings (SSSR count). The van der Waals surface area contributed by atoms with E-state index in [2.05, 4.69) is 0 Å². The molecular weight excluding hydrogens is 251 g/mol. The lowest BCUT2D eigenvalue weighted by Crippen LogP contribution is -2.16. The van der Waals surface area contributed by atoms with E-state index in [9.17, 15) is 4.39 Å². The molecule has 2 N–H and O–H groups in total. The second-order valence-electron chi connectivity index (χ2n) is 4.45. The largest absolute Gasteiger partial charge is 0.399 e. The average molecular weight is 263 g/mol. The van der Waals surface area contributed by atoms with Gasteiger partial charge in [-0.25, -0.2) is 4.39 Å². The van der Waals surface area contributed by atoms with Crippen LogP contribution in [0.4, 0.5) is 15.8 Å². The molecule has 1 heterocycles. The van der Waals surface area contributed by atoms with Crippen molar-refractivity contribution in [3.63, 3.8) is 0 Å². The second-order valence-corrected chi connectivity index (χ2v) is 4.86. The number of para-hydroxylation sites is 1. The van der Waals surface area contributed by atoms with E-state index in [1.54, 1.807) is 12.1 Å². The summed E-state index contributed by atoms with van der Waals surface area (Å²) < 4.78 is 13.9. The third kappa shape index (κ3) is 1.81. The summed E-state index contributed by atoms with van der Waals surface area (Å²) in [6.45, 7) is 1.30. The smallest absolute Gasteiger partial charge is 0.148 e. The van der Waals surface area contributed by atoms with Crippen molar-refractivity contribution < 1.29 is 4.39 Å². The average Bonchev–Trinajstić information content (AvgIpc) is 2.71. The van der Waals surface area contributed by atoms with Crippen LogP contribution in [0.2, 0.25) is 5.02 Å². The van der Waals surface area contributed by atoms with E-state index >= 15 is 0 Å². The maximum atomic E-state index is 13.9. The quantitative estimate of drug-likeness (QED) is 0.796. The van der Waals surface area contributed by atoms with E-state index in [1.165, 1.54) is 11.6 Å². The van der Waals surface area contributed by atoms with Gasteiger partial charge in [-0.15, -0.1) is 0 Å². The Bertz CT molecular complexity index is 592. The molecule has 0 spiro atoms. The zero-order valence-corrected chi connectivity index (χ0v) is 10.4. The lowest BCUT2D eigenvalue weighted by atomic mass is 10.1. The highest BCUT2D eigenvalue weighted by atomic mass is 35.5. The Morgan fingerprint density at radius 2 is 1.89 bits per heavy atom. The molecule has 0 aliphatic carbocycles. The fourth-order valence-electron chi connectivity index (χ4n) is 2.36. The van der Waals surface area contributed by atoms with Crippen LogP contribution in [0.5, 0.6) is 0 Å². The molecule has 0 bridgehead atoms. The topological polar surface area (TPSA) is 29.3 Å². The third-order valence-electron chi connectivity index (χ3n) is 3.21. The summed E-state index contributed by atoms with van der Waals surface area (Å²) in [4.78, 5) is 1.93. The van der Waals surface area contributed by atoms with Gasteiger partial charge in [-0.3, -0.25) is 0 Å². The Balaban J connectivity index is 1.99. The van der Waals surface area contributed by atoms with Crippen LogP contribution in [0.25, 0.3) is 0 Å². The van der Waals surface area contributed by atoms with Crippen molar-refractivity contribution in [1.82, 2.24) is 0 Å². The van der Waals surface area contributed by atoms with E-state index in [0.29, 0.717) is 23.8 Å². The van der Waals surface area contributed by atoms with Gasteiger partial charge in [0.1, 0.15) is 5.82 Å². The SMILES string of the molecule is Nc1ccc2c(c1)CN(c1c(F)cccc1Cl)C2. The van der Waals surface area contributed by atoms with Crippen molar-refractivity contribution in [3.05, 3.63) is 58.4 Å². The number of nitrogens with two attached hydrogens (primary N) is 1. The molecule has 1 aliphatic heterocycles. The lowest BCUT2D eigenvalue weighted by molar-refractivity contribution is 0.619. The molecule has 0 atom stereocenters. The minimum Gasteiger partial charge on any atom is -0.399 e. The van der Waals surface area contributed by atoms with Gasteiger partial charge in [-0.05, 0) is 35.4 Å². The zero-order chi connectivity index (χ0) is 12.7. The fourth-order valence-corrected chi connectivity index (χ4v) is 2.65. The van der Waals surface area contributed by atoms with Crippen molar-refractivity contribution in [2.75, 3.05) is 10.6 Å². The fraction of sp³-hybridized carbons (Fsp3) is 0.143. The van der Waals surface area contributed by atoms with Crippen molar-refractivity contribution in [2.45, 2.75) is 13.1 Å². The predicted octanol–water partition coefficient (Wildman–Crippen LogP) is 3.58. The number of rotatable bonds is 1. The molecule has 0 amide bonds. The highest BCUT2D eigenvalue weighted by molar-refractivity contribution is 6.33. The maximum Gasteiger partial charge on any atom is 0.148 e. The van der Waals surface area contributed by atoms with Gasteiger partial charge in [0.05, 0.1) is 10.7 Å². The van der Waals surface area contributed by atoms with Gasteiger partial charge in [0.15, 0.2) is 0 Å². The Labute approximate surface area is 110 Å². The number of hydrogen-bond acceptors (Lipinski definition) is 2. The normalized spacial score (nSPS) is 13.8. The molecule has 1 aliphatic rings. The Morgan fingerprint density at radius 1 is 1.11 bits per heavy atom. The highest BCUT2D eigenvalue weighted by Gasteiger charge is 2.23. The van der Waals surface area contributed by atoms with E-state index in [0.717, 1.165) is 11.3 Å². The molecule has 92 valence electrons. The van der Waals surface area contributed by atoms with Crippen LogP contribution in [-0.2, 0) is 13.1 Å². The standard InChI is InChI=1S/C14H12ClFN2/c15-12-2-1-3-13(16)14(12)18-7-9-4-5-11(17)6-10(9)8-18/h1-6H,7-8,17H2. The van der Waals surface area contributed by atoms with Crippen LogP contribution in [0.3, 0.4) is 0 Å². The van der Waals surface area contributed by atoms with Crippen LogP contribution >= 0.6 is 11.6 Å². The predicted molar refractivity (Wildman–Crippen MR) is 72.2 cm³/mol. The van der Waals surface area contributed by atoms with E-state index in [1.807, 2.05) is 23.1 Å². The van der Waals surface area contributed by atoms with Crippen LogP contribution in [0, 0.1) is 5.82 Å². The number of fused-ring (bicyclic) bond motifs is 1. The van der Waals surface area contributed by atoms with Crippen LogP contribution in [0.15, 0.2) is 36.4 Å². The molecule has 0 saturated carbocycles. The van der Waals surface area contributed by atoms with Gasteiger partial charge in [-0.2, -0.15) is 0 Å². The number of hydrogen-bond donors (Lipinski definition) is 1. The molecule has 2 nitrogen and oxygen atoms in total. The minimum atomic E-state index is -0.289. The first-order chi connectivity index (χ1) is 8.65. The van der Waals surface area contributed by atoms with Crippen molar-refractivity contribution >= 4 is 23.0 Å². The summed E-state index contributed by atoms with van der Waals surface area (Å²) in [7, 11) is 0. The number of nitrogens with zero attached hydrogens (tertiary/aromatic N) is 1. The Morgan fingerprint density at radius 3 is 2.67 bits per heavy atom. The summed E-state index contributed by atoms with van der Waals surface area (Å²) >= 11 is 6.08. The summed E-state index contributed by atoms with van der Waals surface area (Å²) in [6.07, 6.45) is 0. The molecule has 0 saturated heterocycles. The monoisotopic (exact) mass is 262 g/mol. The summed E-state index contributed by atoms with van der Waals surface area (Å²) in [5.74, 6) is -0.289. The van der Waals surface area contributed by atoms with Gasteiger partial charge < -0.3 is 10.6 Å². The summed E-state index contributed by atoms with van der Waals surface area (Å²) in [6, 6.07) is 10.5. The molecule has 0 fully saturated rings. The molecule has 2 aromatic rings.